The molecule has 1 amide bonds. The Hall–Kier alpha value is -4.26. The number of carbonyl (C=O) groups is 1. The zero-order valence-corrected chi connectivity index (χ0v) is 18.4. The zero-order chi connectivity index (χ0) is 22.8. The van der Waals surface area contributed by atoms with E-state index in [1.165, 1.54) is 5.01 Å². The molecular formula is C26H22N4O3. The lowest BCUT2D eigenvalue weighted by molar-refractivity contribution is -0.118. The van der Waals surface area contributed by atoms with Gasteiger partial charge in [-0.3, -0.25) is 4.79 Å². The summed E-state index contributed by atoms with van der Waals surface area (Å²) in [7, 11) is 3.26. The van der Waals surface area contributed by atoms with Gasteiger partial charge in [-0.25, -0.2) is 9.97 Å². The van der Waals surface area contributed by atoms with E-state index in [4.69, 9.17) is 19.6 Å². The Morgan fingerprint density at radius 1 is 0.848 bits per heavy atom. The van der Waals surface area contributed by atoms with Crippen LogP contribution in [0.25, 0.3) is 22.2 Å². The summed E-state index contributed by atoms with van der Waals surface area (Å²) >= 11 is 0. The number of fused-ring (bicyclic) bond motifs is 1. The number of carbonyl (C=O) groups excluding carboxylic acids is 1. The lowest BCUT2D eigenvalue weighted by atomic mass is 10.0. The van der Waals surface area contributed by atoms with Crippen LogP contribution < -0.4 is 14.5 Å². The maximum atomic E-state index is 13.0. The minimum absolute atomic E-state index is 0.107. The minimum Gasteiger partial charge on any atom is -0.497 e. The molecule has 0 atom stereocenters. The van der Waals surface area contributed by atoms with Crippen molar-refractivity contribution < 1.29 is 14.3 Å². The number of methoxy groups -OCH3 is 2. The molecule has 1 aliphatic rings. The molecule has 164 valence electrons. The summed E-state index contributed by atoms with van der Waals surface area (Å²) in [6.07, 6.45) is 2.59. The normalized spacial score (nSPS) is 13.7. The molecule has 0 unspecified atom stereocenters. The Morgan fingerprint density at radius 3 is 2.18 bits per heavy atom. The molecule has 3 heterocycles. The second kappa shape index (κ2) is 8.70. The first-order valence-electron chi connectivity index (χ1n) is 10.6. The number of rotatable bonds is 5. The van der Waals surface area contributed by atoms with Crippen molar-refractivity contribution in [2.75, 3.05) is 19.2 Å². The molecule has 2 aromatic heterocycles. The lowest BCUT2D eigenvalue weighted by Crippen LogP contribution is -2.33. The van der Waals surface area contributed by atoms with Crippen molar-refractivity contribution in [3.05, 3.63) is 78.5 Å². The third kappa shape index (κ3) is 4.01. The third-order valence-electron chi connectivity index (χ3n) is 5.63. The van der Waals surface area contributed by atoms with Crippen LogP contribution in [0.1, 0.15) is 18.4 Å². The highest BCUT2D eigenvalue weighted by Gasteiger charge is 2.27. The predicted molar refractivity (Wildman–Crippen MR) is 128 cm³/mol. The van der Waals surface area contributed by atoms with Crippen LogP contribution in [0, 0.1) is 0 Å². The van der Waals surface area contributed by atoms with Crippen LogP contribution in [-0.2, 0) is 4.79 Å². The van der Waals surface area contributed by atoms with E-state index >= 15 is 0 Å². The molecule has 5 rings (SSSR count). The van der Waals surface area contributed by atoms with Gasteiger partial charge in [0.15, 0.2) is 11.5 Å². The molecule has 7 nitrogen and oxygen atoms in total. The highest BCUT2D eigenvalue weighted by atomic mass is 16.5. The van der Waals surface area contributed by atoms with E-state index in [0.29, 0.717) is 24.3 Å². The first-order valence-corrected chi connectivity index (χ1v) is 10.6. The topological polar surface area (TPSA) is 76.9 Å². The monoisotopic (exact) mass is 438 g/mol. The first kappa shape index (κ1) is 20.6. The Morgan fingerprint density at radius 2 is 1.52 bits per heavy atom. The Bertz CT molecular complexity index is 1350. The fourth-order valence-electron chi connectivity index (χ4n) is 3.85. The molecule has 0 radical (unpaired) electrons. The highest BCUT2D eigenvalue weighted by Crippen LogP contribution is 2.35. The number of nitrogens with zero attached hydrogens (tertiary/aromatic N) is 4. The van der Waals surface area contributed by atoms with E-state index in [9.17, 15) is 4.79 Å². The van der Waals surface area contributed by atoms with Crippen LogP contribution in [0.2, 0.25) is 0 Å². The smallest absolute Gasteiger partial charge is 0.249 e. The van der Waals surface area contributed by atoms with Gasteiger partial charge in [-0.1, -0.05) is 12.1 Å². The van der Waals surface area contributed by atoms with Crippen molar-refractivity contribution >= 4 is 28.5 Å². The van der Waals surface area contributed by atoms with Gasteiger partial charge in [-0.05, 0) is 65.7 Å². The summed E-state index contributed by atoms with van der Waals surface area (Å²) in [5, 5.41) is 7.03. The fraction of sp³-hybridized carbons (Fsp3) is 0.154. The number of hydrogen-bond acceptors (Lipinski definition) is 6. The largest absolute Gasteiger partial charge is 0.497 e. The molecule has 0 saturated carbocycles. The summed E-state index contributed by atoms with van der Waals surface area (Å²) < 4.78 is 10.6. The van der Waals surface area contributed by atoms with E-state index in [1.807, 2.05) is 66.7 Å². The van der Waals surface area contributed by atoms with Gasteiger partial charge < -0.3 is 9.47 Å². The van der Waals surface area contributed by atoms with E-state index in [1.54, 1.807) is 20.4 Å². The second-order valence-electron chi connectivity index (χ2n) is 7.62. The molecule has 0 aliphatic carbocycles. The van der Waals surface area contributed by atoms with Crippen molar-refractivity contribution in [3.63, 3.8) is 0 Å². The van der Waals surface area contributed by atoms with Gasteiger partial charge in [0.25, 0.3) is 0 Å². The Labute approximate surface area is 191 Å². The summed E-state index contributed by atoms with van der Waals surface area (Å²) in [6, 6.07) is 21.2. The van der Waals surface area contributed by atoms with Crippen molar-refractivity contribution in [2.45, 2.75) is 12.8 Å². The van der Waals surface area contributed by atoms with Gasteiger partial charge in [-0.15, -0.1) is 0 Å². The molecule has 0 spiro atoms. The average molecular weight is 438 g/mol. The predicted octanol–water partition coefficient (Wildman–Crippen LogP) is 4.85. The number of hydrogen-bond donors (Lipinski definition) is 0. The molecular weight excluding hydrogens is 416 g/mol. The van der Waals surface area contributed by atoms with Crippen LogP contribution in [0.4, 0.5) is 5.82 Å². The van der Waals surface area contributed by atoms with Crippen LogP contribution in [-0.4, -0.2) is 35.8 Å². The molecule has 0 fully saturated rings. The zero-order valence-electron chi connectivity index (χ0n) is 18.4. The lowest BCUT2D eigenvalue weighted by Gasteiger charge is -2.25. The molecule has 0 saturated heterocycles. The first-order chi connectivity index (χ1) is 16.2. The Kier molecular flexibility index (Phi) is 5.44. The summed E-state index contributed by atoms with van der Waals surface area (Å²) in [5.41, 5.74) is 4.03. The fourth-order valence-corrected chi connectivity index (χ4v) is 3.85. The molecule has 0 N–H and O–H groups in total. The van der Waals surface area contributed by atoms with Crippen molar-refractivity contribution in [1.29, 1.82) is 0 Å². The Balaban J connectivity index is 1.65. The third-order valence-corrected chi connectivity index (χ3v) is 5.63. The quantitative estimate of drug-likeness (QED) is 0.445. The molecule has 7 heteroatoms. The summed E-state index contributed by atoms with van der Waals surface area (Å²) in [4.78, 5) is 22.2. The van der Waals surface area contributed by atoms with Gasteiger partial charge in [0.2, 0.25) is 5.91 Å². The van der Waals surface area contributed by atoms with Crippen molar-refractivity contribution in [1.82, 2.24) is 9.97 Å². The average Bonchev–Trinajstić information content (AvgIpc) is 2.88. The van der Waals surface area contributed by atoms with Crippen LogP contribution >= 0.6 is 0 Å². The molecule has 1 aliphatic heterocycles. The van der Waals surface area contributed by atoms with E-state index in [2.05, 4.69) is 4.98 Å². The van der Waals surface area contributed by atoms with Crippen molar-refractivity contribution in [2.24, 2.45) is 5.10 Å². The van der Waals surface area contributed by atoms with Crippen LogP contribution in [0.15, 0.2) is 78.0 Å². The maximum Gasteiger partial charge on any atom is 0.249 e. The minimum atomic E-state index is -0.107. The van der Waals surface area contributed by atoms with E-state index < -0.39 is 0 Å². The standard InChI is InChI=1S/C26H22N4O3/c1-32-20-9-5-17(6-10-20)22-16-19-4-3-15-27-25(19)28-26(22)30-24(31)14-13-23(29-30)18-7-11-21(33-2)12-8-18/h3-12,15-16H,13-14H2,1-2H3. The number of benzene rings is 2. The van der Waals surface area contributed by atoms with Gasteiger partial charge in [0, 0.05) is 30.0 Å². The maximum absolute atomic E-state index is 13.0. The number of hydrazone groups is 1. The van der Waals surface area contributed by atoms with Crippen LogP contribution in [0.3, 0.4) is 0 Å². The highest BCUT2D eigenvalue weighted by molar-refractivity contribution is 6.10. The van der Waals surface area contributed by atoms with Gasteiger partial charge in [0.1, 0.15) is 11.5 Å². The van der Waals surface area contributed by atoms with Gasteiger partial charge in [-0.2, -0.15) is 10.1 Å². The van der Waals surface area contributed by atoms with Crippen molar-refractivity contribution in [3.8, 4) is 22.6 Å². The second-order valence-corrected chi connectivity index (χ2v) is 7.62. The summed E-state index contributed by atoms with van der Waals surface area (Å²) in [5.74, 6) is 1.88. The molecule has 2 aromatic carbocycles. The number of anilines is 1. The molecule has 33 heavy (non-hydrogen) atoms. The number of aromatic nitrogens is 2. The SMILES string of the molecule is COc1ccc(C2=NN(c3nc4ncccc4cc3-c3ccc(OC)cc3)C(=O)CC2)cc1. The number of amides is 1. The number of ether oxygens (including phenoxy) is 2. The van der Waals surface area contributed by atoms with E-state index in [-0.39, 0.29) is 5.91 Å². The number of pyridine rings is 2. The molecule has 4 aromatic rings. The summed E-state index contributed by atoms with van der Waals surface area (Å²) in [6.45, 7) is 0. The van der Waals surface area contributed by atoms with Gasteiger partial charge in [0.05, 0.1) is 19.9 Å². The molecule has 0 bridgehead atoms. The van der Waals surface area contributed by atoms with Gasteiger partial charge >= 0.3 is 0 Å². The van der Waals surface area contributed by atoms with E-state index in [0.717, 1.165) is 39.3 Å². The van der Waals surface area contributed by atoms with Crippen LogP contribution in [0.5, 0.6) is 11.5 Å².